The normalized spacial score (nSPS) is 9.62. The number of carboxylic acids is 1. The van der Waals surface area contributed by atoms with Gasteiger partial charge in [-0.15, -0.1) is 0 Å². The number of amides is 2. The first-order valence-corrected chi connectivity index (χ1v) is 4.69. The zero-order valence-electron chi connectivity index (χ0n) is 9.07. The summed E-state index contributed by atoms with van der Waals surface area (Å²) in [5.74, 6) is -0.700. The summed E-state index contributed by atoms with van der Waals surface area (Å²) >= 11 is 0. The number of hydrogen-bond acceptors (Lipinski definition) is 3. The molecule has 0 fully saturated rings. The zero-order chi connectivity index (χ0) is 12.1. The van der Waals surface area contributed by atoms with Crippen molar-refractivity contribution in [2.75, 3.05) is 11.9 Å². The van der Waals surface area contributed by atoms with Crippen LogP contribution in [0.1, 0.15) is 11.1 Å². The van der Waals surface area contributed by atoms with Crippen LogP contribution < -0.4 is 10.6 Å². The van der Waals surface area contributed by atoms with Crippen molar-refractivity contribution in [3.8, 4) is 0 Å². The Bertz CT molecular complexity index is 418. The molecule has 0 saturated heterocycles. The van der Waals surface area contributed by atoms with E-state index in [-0.39, 0.29) is 0 Å². The fraction of sp³-hybridized carbons (Fsp3) is 0.300. The highest BCUT2D eigenvalue weighted by molar-refractivity contribution is 5.90. The summed E-state index contributed by atoms with van der Waals surface area (Å²) in [5.41, 5.74) is 2.03. The third kappa shape index (κ3) is 3.56. The van der Waals surface area contributed by atoms with Crippen molar-refractivity contribution in [1.82, 2.24) is 10.3 Å². The van der Waals surface area contributed by atoms with Crippen LogP contribution in [-0.2, 0) is 4.79 Å². The van der Waals surface area contributed by atoms with Crippen molar-refractivity contribution in [2.24, 2.45) is 0 Å². The Morgan fingerprint density at radius 3 is 2.62 bits per heavy atom. The molecular weight excluding hydrogens is 210 g/mol. The number of nitrogens with zero attached hydrogens (tertiary/aromatic N) is 1. The lowest BCUT2D eigenvalue weighted by Gasteiger charge is -2.06. The monoisotopic (exact) mass is 223 g/mol. The number of carboxylic acid groups (broad SMARTS) is 1. The lowest BCUT2D eigenvalue weighted by Crippen LogP contribution is -2.33. The second-order valence-electron chi connectivity index (χ2n) is 3.36. The Kier molecular flexibility index (Phi) is 3.82. The van der Waals surface area contributed by atoms with Crippen molar-refractivity contribution in [3.63, 3.8) is 0 Å². The number of carbonyl (C=O) groups is 2. The SMILES string of the molecule is Cc1cnc(NC(=O)NCC(=O)O)cc1C. The molecule has 0 aliphatic heterocycles. The van der Waals surface area contributed by atoms with Crippen LogP contribution in [0.3, 0.4) is 0 Å². The van der Waals surface area contributed by atoms with Crippen molar-refractivity contribution in [1.29, 1.82) is 0 Å². The average Bonchev–Trinajstić information content (AvgIpc) is 2.21. The molecule has 86 valence electrons. The maximum Gasteiger partial charge on any atom is 0.323 e. The minimum atomic E-state index is -1.09. The Balaban J connectivity index is 2.56. The number of urea groups is 1. The van der Waals surface area contributed by atoms with E-state index < -0.39 is 18.5 Å². The number of aliphatic carboxylic acids is 1. The van der Waals surface area contributed by atoms with Gasteiger partial charge in [-0.2, -0.15) is 0 Å². The van der Waals surface area contributed by atoms with Gasteiger partial charge in [-0.05, 0) is 31.0 Å². The fourth-order valence-electron chi connectivity index (χ4n) is 1.01. The van der Waals surface area contributed by atoms with E-state index in [9.17, 15) is 9.59 Å². The number of anilines is 1. The van der Waals surface area contributed by atoms with Crippen LogP contribution in [0.2, 0.25) is 0 Å². The molecule has 1 heterocycles. The van der Waals surface area contributed by atoms with Crippen LogP contribution in [-0.4, -0.2) is 28.6 Å². The van der Waals surface area contributed by atoms with Gasteiger partial charge in [0, 0.05) is 6.20 Å². The number of pyridine rings is 1. The van der Waals surface area contributed by atoms with Crippen molar-refractivity contribution < 1.29 is 14.7 Å². The Morgan fingerprint density at radius 1 is 1.38 bits per heavy atom. The summed E-state index contributed by atoms with van der Waals surface area (Å²) in [6, 6.07) is 1.13. The van der Waals surface area contributed by atoms with E-state index in [4.69, 9.17) is 5.11 Å². The van der Waals surface area contributed by atoms with Crippen LogP contribution in [0.15, 0.2) is 12.3 Å². The molecule has 2 amide bonds. The van der Waals surface area contributed by atoms with E-state index in [1.54, 1.807) is 12.3 Å². The summed E-state index contributed by atoms with van der Waals surface area (Å²) in [4.78, 5) is 25.4. The van der Waals surface area contributed by atoms with Gasteiger partial charge in [0.2, 0.25) is 0 Å². The molecule has 1 aromatic heterocycles. The Morgan fingerprint density at radius 2 is 2.06 bits per heavy atom. The van der Waals surface area contributed by atoms with Gasteiger partial charge in [0.05, 0.1) is 0 Å². The predicted octanol–water partition coefficient (Wildman–Crippen LogP) is 0.905. The molecule has 0 unspecified atom stereocenters. The molecule has 16 heavy (non-hydrogen) atoms. The number of carbonyl (C=O) groups excluding carboxylic acids is 1. The summed E-state index contributed by atoms with van der Waals surface area (Å²) in [6.45, 7) is 3.39. The number of hydrogen-bond donors (Lipinski definition) is 3. The van der Waals surface area contributed by atoms with Gasteiger partial charge < -0.3 is 10.4 Å². The number of aryl methyl sites for hydroxylation is 2. The maximum absolute atomic E-state index is 11.2. The summed E-state index contributed by atoms with van der Waals surface area (Å²) < 4.78 is 0. The Labute approximate surface area is 92.7 Å². The first-order chi connectivity index (χ1) is 7.49. The van der Waals surface area contributed by atoms with Gasteiger partial charge in [-0.3, -0.25) is 10.1 Å². The number of aromatic nitrogens is 1. The van der Waals surface area contributed by atoms with E-state index >= 15 is 0 Å². The molecule has 6 nitrogen and oxygen atoms in total. The molecule has 0 saturated carbocycles. The molecule has 3 N–H and O–H groups in total. The fourth-order valence-corrected chi connectivity index (χ4v) is 1.01. The van der Waals surface area contributed by atoms with Gasteiger partial charge in [-0.25, -0.2) is 9.78 Å². The predicted molar refractivity (Wildman–Crippen MR) is 58.4 cm³/mol. The minimum absolute atomic E-state index is 0.394. The van der Waals surface area contributed by atoms with Crippen LogP contribution in [0.5, 0.6) is 0 Å². The van der Waals surface area contributed by atoms with E-state index in [0.29, 0.717) is 5.82 Å². The minimum Gasteiger partial charge on any atom is -0.480 e. The van der Waals surface area contributed by atoms with Gasteiger partial charge >= 0.3 is 12.0 Å². The van der Waals surface area contributed by atoms with Gasteiger partial charge in [-0.1, -0.05) is 0 Å². The molecular formula is C10H13N3O3. The molecule has 0 aliphatic carbocycles. The number of rotatable bonds is 3. The topological polar surface area (TPSA) is 91.3 Å². The second kappa shape index (κ2) is 5.11. The summed E-state index contributed by atoms with van der Waals surface area (Å²) in [5, 5.41) is 13.0. The molecule has 0 bridgehead atoms. The molecule has 0 atom stereocenters. The van der Waals surface area contributed by atoms with E-state index in [1.165, 1.54) is 0 Å². The van der Waals surface area contributed by atoms with Gasteiger partial charge in [0.15, 0.2) is 0 Å². The van der Waals surface area contributed by atoms with Crippen molar-refractivity contribution in [3.05, 3.63) is 23.4 Å². The molecule has 0 aliphatic rings. The average molecular weight is 223 g/mol. The number of nitrogens with one attached hydrogen (secondary N) is 2. The smallest absolute Gasteiger partial charge is 0.323 e. The maximum atomic E-state index is 11.2. The van der Waals surface area contributed by atoms with Crippen molar-refractivity contribution >= 4 is 17.8 Å². The van der Waals surface area contributed by atoms with E-state index in [2.05, 4.69) is 15.6 Å². The second-order valence-corrected chi connectivity index (χ2v) is 3.36. The molecule has 0 aromatic carbocycles. The van der Waals surface area contributed by atoms with E-state index in [0.717, 1.165) is 11.1 Å². The lowest BCUT2D eigenvalue weighted by atomic mass is 10.2. The molecule has 1 aromatic rings. The summed E-state index contributed by atoms with van der Waals surface area (Å²) in [6.07, 6.45) is 1.64. The van der Waals surface area contributed by atoms with Crippen LogP contribution >= 0.6 is 0 Å². The highest BCUT2D eigenvalue weighted by Gasteiger charge is 2.05. The lowest BCUT2D eigenvalue weighted by molar-refractivity contribution is -0.135. The van der Waals surface area contributed by atoms with Gasteiger partial charge in [0.25, 0.3) is 0 Å². The Hall–Kier alpha value is -2.11. The highest BCUT2D eigenvalue weighted by Crippen LogP contribution is 2.09. The first kappa shape index (κ1) is 12.0. The third-order valence-electron chi connectivity index (χ3n) is 2.01. The highest BCUT2D eigenvalue weighted by atomic mass is 16.4. The quantitative estimate of drug-likeness (QED) is 0.710. The summed E-state index contributed by atoms with van der Waals surface area (Å²) in [7, 11) is 0. The first-order valence-electron chi connectivity index (χ1n) is 4.69. The molecule has 1 rings (SSSR count). The largest absolute Gasteiger partial charge is 0.480 e. The van der Waals surface area contributed by atoms with Crippen LogP contribution in [0.25, 0.3) is 0 Å². The van der Waals surface area contributed by atoms with E-state index in [1.807, 2.05) is 13.8 Å². The van der Waals surface area contributed by atoms with Crippen LogP contribution in [0, 0.1) is 13.8 Å². The van der Waals surface area contributed by atoms with Crippen LogP contribution in [0.4, 0.5) is 10.6 Å². The molecule has 0 spiro atoms. The van der Waals surface area contributed by atoms with Gasteiger partial charge in [0.1, 0.15) is 12.4 Å². The molecule has 0 radical (unpaired) electrons. The molecule has 6 heteroatoms. The standard InChI is InChI=1S/C10H13N3O3/c1-6-3-8(11-4-7(6)2)13-10(16)12-5-9(14)15/h3-4H,5H2,1-2H3,(H,14,15)(H2,11,12,13,16). The third-order valence-corrected chi connectivity index (χ3v) is 2.01. The zero-order valence-corrected chi connectivity index (χ0v) is 9.07. The van der Waals surface area contributed by atoms with Crippen molar-refractivity contribution in [2.45, 2.75) is 13.8 Å².